The summed E-state index contributed by atoms with van der Waals surface area (Å²) in [6.07, 6.45) is 7.83. The van der Waals surface area contributed by atoms with E-state index in [1.165, 1.54) is 31.3 Å². The molecule has 0 spiro atoms. The molecule has 2 atom stereocenters. The van der Waals surface area contributed by atoms with Gasteiger partial charge in [-0.3, -0.25) is 0 Å². The van der Waals surface area contributed by atoms with Crippen LogP contribution in [0.2, 0.25) is 0 Å². The Hall–Kier alpha value is -0.340. The Kier molecular flexibility index (Phi) is 3.47. The minimum Gasteiger partial charge on any atom is -0.310 e. The first-order valence-electron chi connectivity index (χ1n) is 6.25. The van der Waals surface area contributed by atoms with Crippen LogP contribution in [-0.4, -0.2) is 36.6 Å². The molecular formula is C13H24N2. The molecule has 2 saturated heterocycles. The lowest BCUT2D eigenvalue weighted by Gasteiger charge is -2.36. The van der Waals surface area contributed by atoms with Gasteiger partial charge >= 0.3 is 0 Å². The molecule has 15 heavy (non-hydrogen) atoms. The smallest absolute Gasteiger partial charge is 0.0139 e. The summed E-state index contributed by atoms with van der Waals surface area (Å²) < 4.78 is 0. The van der Waals surface area contributed by atoms with E-state index in [1.807, 2.05) is 0 Å². The fraction of sp³-hybridized carbons (Fsp3) is 0.846. The highest BCUT2D eigenvalue weighted by Crippen LogP contribution is 2.33. The lowest BCUT2D eigenvalue weighted by atomic mass is 9.98. The Morgan fingerprint density at radius 1 is 1.27 bits per heavy atom. The topological polar surface area (TPSA) is 15.3 Å². The Bertz CT molecular complexity index is 229. The van der Waals surface area contributed by atoms with Crippen LogP contribution in [-0.2, 0) is 0 Å². The average molecular weight is 208 g/mol. The summed E-state index contributed by atoms with van der Waals surface area (Å²) in [5, 5.41) is 3.67. The first-order valence-corrected chi connectivity index (χ1v) is 6.25. The van der Waals surface area contributed by atoms with Crippen molar-refractivity contribution in [2.45, 2.75) is 57.7 Å². The molecule has 2 aliphatic rings. The molecule has 2 rings (SSSR count). The minimum atomic E-state index is 0.759. The highest BCUT2D eigenvalue weighted by atomic mass is 15.2. The van der Waals surface area contributed by atoms with Crippen molar-refractivity contribution in [2.24, 2.45) is 0 Å². The van der Waals surface area contributed by atoms with Crippen LogP contribution in [0.4, 0.5) is 0 Å². The third kappa shape index (κ3) is 2.61. The summed E-state index contributed by atoms with van der Waals surface area (Å²) in [6, 6.07) is 2.47. The largest absolute Gasteiger partial charge is 0.310 e. The Morgan fingerprint density at radius 2 is 1.87 bits per heavy atom. The molecule has 2 heteroatoms. The van der Waals surface area contributed by atoms with Crippen LogP contribution in [0.3, 0.4) is 0 Å². The van der Waals surface area contributed by atoms with Crippen LogP contribution in [0.15, 0.2) is 11.6 Å². The Balaban J connectivity index is 1.79. The van der Waals surface area contributed by atoms with Crippen molar-refractivity contribution in [1.29, 1.82) is 0 Å². The van der Waals surface area contributed by atoms with E-state index in [1.54, 1.807) is 0 Å². The highest BCUT2D eigenvalue weighted by Gasteiger charge is 2.37. The molecule has 0 aliphatic carbocycles. The molecule has 0 saturated carbocycles. The van der Waals surface area contributed by atoms with Crippen LogP contribution >= 0.6 is 0 Å². The fourth-order valence-electron chi connectivity index (χ4n) is 3.01. The molecule has 0 aromatic rings. The predicted octanol–water partition coefficient (Wildman–Crippen LogP) is 2.17. The maximum absolute atomic E-state index is 3.67. The van der Waals surface area contributed by atoms with Crippen molar-refractivity contribution >= 4 is 0 Å². The van der Waals surface area contributed by atoms with Gasteiger partial charge in [0.25, 0.3) is 0 Å². The van der Waals surface area contributed by atoms with Gasteiger partial charge in [0.15, 0.2) is 0 Å². The molecule has 0 amide bonds. The summed E-state index contributed by atoms with van der Waals surface area (Å²) in [6.45, 7) is 5.39. The van der Waals surface area contributed by atoms with E-state index in [0.29, 0.717) is 0 Å². The molecule has 0 aromatic heterocycles. The number of allylic oxidation sites excluding steroid dienone is 1. The quantitative estimate of drug-likeness (QED) is 0.715. The summed E-state index contributed by atoms with van der Waals surface area (Å²) in [5.74, 6) is 0. The van der Waals surface area contributed by atoms with Crippen molar-refractivity contribution in [3.8, 4) is 0 Å². The van der Waals surface area contributed by atoms with Gasteiger partial charge in [-0.25, -0.2) is 0 Å². The van der Waals surface area contributed by atoms with Crippen LogP contribution in [0, 0.1) is 0 Å². The zero-order chi connectivity index (χ0) is 10.8. The van der Waals surface area contributed by atoms with E-state index < -0.39 is 0 Å². The zero-order valence-corrected chi connectivity index (χ0v) is 10.3. The first kappa shape index (κ1) is 11.2. The van der Waals surface area contributed by atoms with Crippen LogP contribution in [0.1, 0.15) is 39.5 Å². The van der Waals surface area contributed by atoms with E-state index >= 15 is 0 Å². The molecule has 2 fully saturated rings. The van der Waals surface area contributed by atoms with Gasteiger partial charge in [-0.05, 0) is 46.6 Å². The lowest BCUT2D eigenvalue weighted by Crippen LogP contribution is -2.47. The SMILES string of the molecule is CC(C)=CCNC1CC2CCC(C1)N2C. The van der Waals surface area contributed by atoms with Gasteiger partial charge in [-0.2, -0.15) is 0 Å². The number of nitrogens with zero attached hydrogens (tertiary/aromatic N) is 1. The second kappa shape index (κ2) is 4.67. The molecule has 1 N–H and O–H groups in total. The second-order valence-corrected chi connectivity index (χ2v) is 5.41. The van der Waals surface area contributed by atoms with Gasteiger partial charge in [-0.1, -0.05) is 11.6 Å². The number of nitrogens with one attached hydrogen (secondary N) is 1. The summed E-state index contributed by atoms with van der Waals surface area (Å²) in [4.78, 5) is 2.60. The second-order valence-electron chi connectivity index (χ2n) is 5.41. The normalized spacial score (nSPS) is 35.5. The molecule has 2 aliphatic heterocycles. The van der Waals surface area contributed by atoms with Gasteiger partial charge in [0.05, 0.1) is 0 Å². The molecule has 2 heterocycles. The third-order valence-electron chi connectivity index (χ3n) is 4.02. The Labute approximate surface area is 93.7 Å². The Morgan fingerprint density at radius 3 is 2.40 bits per heavy atom. The van der Waals surface area contributed by atoms with E-state index in [0.717, 1.165) is 24.7 Å². The van der Waals surface area contributed by atoms with Crippen molar-refractivity contribution in [1.82, 2.24) is 10.2 Å². The molecule has 86 valence electrons. The number of piperidine rings is 1. The first-order chi connectivity index (χ1) is 7.16. The highest BCUT2D eigenvalue weighted by molar-refractivity contribution is 4.99. The molecule has 0 aromatic carbocycles. The molecule has 2 bridgehead atoms. The van der Waals surface area contributed by atoms with Crippen molar-refractivity contribution in [3.63, 3.8) is 0 Å². The van der Waals surface area contributed by atoms with Gasteiger partial charge < -0.3 is 10.2 Å². The van der Waals surface area contributed by atoms with Gasteiger partial charge in [0.1, 0.15) is 0 Å². The number of hydrogen-bond donors (Lipinski definition) is 1. The van der Waals surface area contributed by atoms with Crippen molar-refractivity contribution in [3.05, 3.63) is 11.6 Å². The summed E-state index contributed by atoms with van der Waals surface area (Å²) in [7, 11) is 2.30. The van der Waals surface area contributed by atoms with Gasteiger partial charge in [-0.15, -0.1) is 0 Å². The number of fused-ring (bicyclic) bond motifs is 2. The average Bonchev–Trinajstić information content (AvgIpc) is 2.42. The molecule has 2 nitrogen and oxygen atoms in total. The van der Waals surface area contributed by atoms with E-state index in [2.05, 4.69) is 37.2 Å². The maximum Gasteiger partial charge on any atom is 0.0139 e. The monoisotopic (exact) mass is 208 g/mol. The van der Waals surface area contributed by atoms with Crippen molar-refractivity contribution < 1.29 is 0 Å². The van der Waals surface area contributed by atoms with Crippen molar-refractivity contribution in [2.75, 3.05) is 13.6 Å². The van der Waals surface area contributed by atoms with Crippen LogP contribution < -0.4 is 5.32 Å². The fourth-order valence-corrected chi connectivity index (χ4v) is 3.01. The molecule has 2 unspecified atom stereocenters. The van der Waals surface area contributed by atoms with Crippen LogP contribution in [0.5, 0.6) is 0 Å². The van der Waals surface area contributed by atoms with E-state index in [9.17, 15) is 0 Å². The minimum absolute atomic E-state index is 0.759. The molecular weight excluding hydrogens is 184 g/mol. The zero-order valence-electron chi connectivity index (χ0n) is 10.3. The number of rotatable bonds is 3. The summed E-state index contributed by atoms with van der Waals surface area (Å²) in [5.41, 5.74) is 1.42. The summed E-state index contributed by atoms with van der Waals surface area (Å²) >= 11 is 0. The predicted molar refractivity (Wildman–Crippen MR) is 65.0 cm³/mol. The maximum atomic E-state index is 3.67. The third-order valence-corrected chi connectivity index (χ3v) is 4.02. The number of hydrogen-bond acceptors (Lipinski definition) is 2. The standard InChI is InChI=1S/C13H24N2/c1-10(2)6-7-14-11-8-12-4-5-13(9-11)15(12)3/h6,11-14H,4-5,7-9H2,1-3H3. The van der Waals surface area contributed by atoms with Crippen LogP contribution in [0.25, 0.3) is 0 Å². The van der Waals surface area contributed by atoms with E-state index in [4.69, 9.17) is 0 Å². The van der Waals surface area contributed by atoms with E-state index in [-0.39, 0.29) is 0 Å². The molecule has 0 radical (unpaired) electrons. The lowest BCUT2D eigenvalue weighted by molar-refractivity contribution is 0.150. The van der Waals surface area contributed by atoms with Gasteiger partial charge in [0, 0.05) is 24.7 Å². The van der Waals surface area contributed by atoms with Gasteiger partial charge in [0.2, 0.25) is 0 Å².